The highest BCUT2D eigenvalue weighted by Crippen LogP contribution is 2.20. The first-order chi connectivity index (χ1) is 12.4. The van der Waals surface area contributed by atoms with Gasteiger partial charge in [0.05, 0.1) is 6.20 Å². The number of halogens is 1. The van der Waals surface area contributed by atoms with E-state index in [9.17, 15) is 9.18 Å². The Balaban J connectivity index is 1.80. The van der Waals surface area contributed by atoms with Crippen LogP contribution in [-0.4, -0.2) is 37.6 Å². The molecule has 0 radical (unpaired) electrons. The summed E-state index contributed by atoms with van der Waals surface area (Å²) in [6.45, 7) is 7.09. The van der Waals surface area contributed by atoms with Gasteiger partial charge in [0.1, 0.15) is 17.3 Å². The summed E-state index contributed by atoms with van der Waals surface area (Å²) in [6, 6.07) is 6.01. The molecule has 0 saturated heterocycles. The lowest BCUT2D eigenvalue weighted by Crippen LogP contribution is -2.27. The second-order valence-corrected chi connectivity index (χ2v) is 6.30. The molecule has 0 unspecified atom stereocenters. The third kappa shape index (κ3) is 3.37. The first-order valence-electron chi connectivity index (χ1n) is 8.50. The third-order valence-electron chi connectivity index (χ3n) is 4.46. The van der Waals surface area contributed by atoms with Crippen LogP contribution in [0.5, 0.6) is 0 Å². The van der Waals surface area contributed by atoms with E-state index < -0.39 is 0 Å². The summed E-state index contributed by atoms with van der Waals surface area (Å²) in [5, 5.41) is 4.31. The van der Waals surface area contributed by atoms with Crippen LogP contribution in [0.25, 0.3) is 11.4 Å². The average Bonchev–Trinajstić information content (AvgIpc) is 3.18. The van der Waals surface area contributed by atoms with E-state index in [4.69, 9.17) is 0 Å². The Labute approximate surface area is 151 Å². The lowest BCUT2D eigenvalue weighted by atomic mass is 10.2. The quantitative estimate of drug-likeness (QED) is 0.763. The van der Waals surface area contributed by atoms with Crippen molar-refractivity contribution in [1.82, 2.24) is 24.6 Å². The molecular weight excluding hydrogens is 333 g/mol. The van der Waals surface area contributed by atoms with E-state index in [0.29, 0.717) is 23.8 Å². The summed E-state index contributed by atoms with van der Waals surface area (Å²) >= 11 is 0. The molecule has 7 heteroatoms. The van der Waals surface area contributed by atoms with E-state index in [1.54, 1.807) is 30.3 Å². The Kier molecular flexibility index (Phi) is 4.88. The van der Waals surface area contributed by atoms with Gasteiger partial charge in [-0.3, -0.25) is 9.48 Å². The summed E-state index contributed by atoms with van der Waals surface area (Å²) in [5.74, 6) is 0.0704. The number of benzene rings is 1. The number of hydrogen-bond acceptors (Lipinski definition) is 3. The van der Waals surface area contributed by atoms with Crippen molar-refractivity contribution in [3.05, 3.63) is 58.9 Å². The lowest BCUT2D eigenvalue weighted by molar-refractivity contribution is 0.0779. The lowest BCUT2D eigenvalue weighted by Gasteiger charge is -2.16. The SMILES string of the molecule is CCn1ncc(CN(C)C(=O)c2nc(-c3ccc(F)cc3)[nH]c2C)c1C. The Morgan fingerprint density at radius 1 is 1.27 bits per heavy atom. The van der Waals surface area contributed by atoms with Gasteiger partial charge in [0.2, 0.25) is 0 Å². The zero-order chi connectivity index (χ0) is 18.8. The number of nitrogens with one attached hydrogen (secondary N) is 1. The molecule has 1 amide bonds. The molecule has 0 saturated carbocycles. The van der Waals surface area contributed by atoms with E-state index in [-0.39, 0.29) is 11.7 Å². The summed E-state index contributed by atoms with van der Waals surface area (Å²) in [5.41, 5.74) is 3.85. The van der Waals surface area contributed by atoms with Crippen molar-refractivity contribution in [1.29, 1.82) is 0 Å². The number of hydrogen-bond donors (Lipinski definition) is 1. The van der Waals surface area contributed by atoms with Crippen molar-refractivity contribution in [2.45, 2.75) is 33.9 Å². The molecule has 3 rings (SSSR count). The number of amides is 1. The summed E-state index contributed by atoms with van der Waals surface area (Å²) < 4.78 is 15.0. The molecule has 2 heterocycles. The standard InChI is InChI=1S/C19H22FN5O/c1-5-25-13(3)15(10-21-25)11-24(4)19(26)17-12(2)22-18(23-17)14-6-8-16(20)9-7-14/h6-10H,5,11H2,1-4H3,(H,22,23). The van der Waals surface area contributed by atoms with E-state index in [1.165, 1.54) is 12.1 Å². The minimum absolute atomic E-state index is 0.171. The molecule has 1 N–H and O–H groups in total. The number of carbonyl (C=O) groups is 1. The number of nitrogens with zero attached hydrogens (tertiary/aromatic N) is 4. The number of aromatic amines is 1. The number of H-pyrrole nitrogens is 1. The highest BCUT2D eigenvalue weighted by molar-refractivity contribution is 5.93. The predicted molar refractivity (Wildman–Crippen MR) is 97.2 cm³/mol. The van der Waals surface area contributed by atoms with E-state index in [0.717, 1.165) is 23.4 Å². The molecule has 3 aromatic rings. The second-order valence-electron chi connectivity index (χ2n) is 6.30. The van der Waals surface area contributed by atoms with Crippen LogP contribution in [-0.2, 0) is 13.1 Å². The molecule has 0 aliphatic rings. The van der Waals surface area contributed by atoms with Crippen LogP contribution >= 0.6 is 0 Å². The minimum Gasteiger partial charge on any atom is -0.341 e. The minimum atomic E-state index is -0.309. The maximum Gasteiger partial charge on any atom is 0.274 e. The summed E-state index contributed by atoms with van der Waals surface area (Å²) in [7, 11) is 1.75. The zero-order valence-electron chi connectivity index (χ0n) is 15.4. The molecule has 0 spiro atoms. The Hall–Kier alpha value is -2.96. The zero-order valence-corrected chi connectivity index (χ0v) is 15.4. The van der Waals surface area contributed by atoms with Crippen molar-refractivity contribution in [2.24, 2.45) is 0 Å². The van der Waals surface area contributed by atoms with E-state index >= 15 is 0 Å². The van der Waals surface area contributed by atoms with Gasteiger partial charge in [0.25, 0.3) is 5.91 Å². The van der Waals surface area contributed by atoms with E-state index in [1.807, 2.05) is 25.5 Å². The molecule has 0 aliphatic heterocycles. The molecular formula is C19H22FN5O. The monoisotopic (exact) mass is 355 g/mol. The molecule has 0 atom stereocenters. The van der Waals surface area contributed by atoms with Crippen LogP contribution in [0, 0.1) is 19.7 Å². The average molecular weight is 355 g/mol. The topological polar surface area (TPSA) is 66.8 Å². The Bertz CT molecular complexity index is 926. The van der Waals surface area contributed by atoms with Gasteiger partial charge in [0, 0.05) is 42.7 Å². The smallest absolute Gasteiger partial charge is 0.274 e. The van der Waals surface area contributed by atoms with Crippen LogP contribution in [0.1, 0.15) is 34.4 Å². The maximum absolute atomic E-state index is 13.1. The van der Waals surface area contributed by atoms with Gasteiger partial charge < -0.3 is 9.88 Å². The second kappa shape index (κ2) is 7.11. The first kappa shape index (κ1) is 17.8. The fourth-order valence-corrected chi connectivity index (χ4v) is 2.88. The van der Waals surface area contributed by atoms with Crippen molar-refractivity contribution < 1.29 is 9.18 Å². The normalized spacial score (nSPS) is 11.0. The van der Waals surface area contributed by atoms with Gasteiger partial charge in [-0.05, 0) is 45.0 Å². The van der Waals surface area contributed by atoms with Gasteiger partial charge in [-0.1, -0.05) is 0 Å². The van der Waals surface area contributed by atoms with Crippen LogP contribution in [0.2, 0.25) is 0 Å². The number of imidazole rings is 1. The van der Waals surface area contributed by atoms with Crippen molar-refractivity contribution in [3.63, 3.8) is 0 Å². The molecule has 6 nitrogen and oxygen atoms in total. The van der Waals surface area contributed by atoms with Crippen LogP contribution in [0.4, 0.5) is 4.39 Å². The van der Waals surface area contributed by atoms with E-state index in [2.05, 4.69) is 15.1 Å². The first-order valence-corrected chi connectivity index (χ1v) is 8.50. The van der Waals surface area contributed by atoms with Crippen molar-refractivity contribution in [2.75, 3.05) is 7.05 Å². The molecule has 136 valence electrons. The van der Waals surface area contributed by atoms with Gasteiger partial charge >= 0.3 is 0 Å². The fourth-order valence-electron chi connectivity index (χ4n) is 2.88. The highest BCUT2D eigenvalue weighted by Gasteiger charge is 2.20. The van der Waals surface area contributed by atoms with Crippen LogP contribution < -0.4 is 0 Å². The van der Waals surface area contributed by atoms with Crippen LogP contribution in [0.3, 0.4) is 0 Å². The van der Waals surface area contributed by atoms with Gasteiger partial charge in [0.15, 0.2) is 0 Å². The maximum atomic E-state index is 13.1. The fraction of sp³-hybridized carbons (Fsp3) is 0.316. The number of aryl methyl sites for hydroxylation is 2. The molecule has 2 aromatic heterocycles. The molecule has 0 aliphatic carbocycles. The molecule has 26 heavy (non-hydrogen) atoms. The Morgan fingerprint density at radius 3 is 2.58 bits per heavy atom. The predicted octanol–water partition coefficient (Wildman–Crippen LogP) is 3.32. The third-order valence-corrected chi connectivity index (χ3v) is 4.46. The molecule has 0 bridgehead atoms. The number of rotatable bonds is 5. The summed E-state index contributed by atoms with van der Waals surface area (Å²) in [4.78, 5) is 22.0. The number of carbonyl (C=O) groups excluding carboxylic acids is 1. The van der Waals surface area contributed by atoms with Gasteiger partial charge in [-0.25, -0.2) is 9.37 Å². The number of aromatic nitrogens is 4. The van der Waals surface area contributed by atoms with Crippen LogP contribution in [0.15, 0.2) is 30.5 Å². The molecule has 1 aromatic carbocycles. The molecule has 0 fully saturated rings. The van der Waals surface area contributed by atoms with Crippen molar-refractivity contribution >= 4 is 5.91 Å². The van der Waals surface area contributed by atoms with Crippen molar-refractivity contribution in [3.8, 4) is 11.4 Å². The largest absolute Gasteiger partial charge is 0.341 e. The van der Waals surface area contributed by atoms with Gasteiger partial charge in [-0.2, -0.15) is 5.10 Å². The Morgan fingerprint density at radius 2 is 1.96 bits per heavy atom. The highest BCUT2D eigenvalue weighted by atomic mass is 19.1. The van der Waals surface area contributed by atoms with Gasteiger partial charge in [-0.15, -0.1) is 0 Å². The summed E-state index contributed by atoms with van der Waals surface area (Å²) in [6.07, 6.45) is 1.80.